The van der Waals surface area contributed by atoms with Crippen LogP contribution in [0.3, 0.4) is 0 Å². The zero-order valence-corrected chi connectivity index (χ0v) is 8.91. The summed E-state index contributed by atoms with van der Waals surface area (Å²) in [6.07, 6.45) is 4.96. The SMILES string of the molecule is O=C1c2cccnc2C(=O)C1[n+]1ccccc1. The van der Waals surface area contributed by atoms with Gasteiger partial charge in [-0.05, 0) is 12.1 Å². The Hall–Kier alpha value is -2.36. The van der Waals surface area contributed by atoms with Crippen LogP contribution < -0.4 is 4.57 Å². The Labute approximate surface area is 97.5 Å². The third-order valence-electron chi connectivity index (χ3n) is 2.84. The molecule has 0 aliphatic heterocycles. The summed E-state index contributed by atoms with van der Waals surface area (Å²) in [5.41, 5.74) is 0.692. The number of nitrogens with zero attached hydrogens (tertiary/aromatic N) is 2. The van der Waals surface area contributed by atoms with Crippen LogP contribution >= 0.6 is 0 Å². The molecule has 0 bridgehead atoms. The molecule has 2 aromatic rings. The fourth-order valence-electron chi connectivity index (χ4n) is 2.05. The van der Waals surface area contributed by atoms with Crippen LogP contribution in [0.1, 0.15) is 26.9 Å². The predicted molar refractivity (Wildman–Crippen MR) is 58.6 cm³/mol. The molecule has 1 aliphatic rings. The highest BCUT2D eigenvalue weighted by atomic mass is 16.2. The summed E-state index contributed by atoms with van der Waals surface area (Å²) in [5.74, 6) is -0.420. The van der Waals surface area contributed by atoms with Gasteiger partial charge in [0.15, 0.2) is 12.4 Å². The average molecular weight is 225 g/mol. The van der Waals surface area contributed by atoms with Crippen LogP contribution in [0.25, 0.3) is 0 Å². The second-order valence-corrected chi connectivity index (χ2v) is 3.85. The van der Waals surface area contributed by atoms with Crippen LogP contribution in [0.4, 0.5) is 0 Å². The lowest BCUT2D eigenvalue weighted by Gasteiger charge is -2.00. The van der Waals surface area contributed by atoms with Crippen molar-refractivity contribution in [2.75, 3.05) is 0 Å². The number of aromatic nitrogens is 2. The molecule has 0 amide bonds. The number of fused-ring (bicyclic) bond motifs is 1. The van der Waals surface area contributed by atoms with Gasteiger partial charge in [0.2, 0.25) is 5.78 Å². The van der Waals surface area contributed by atoms with Gasteiger partial charge in [-0.25, -0.2) is 0 Å². The van der Waals surface area contributed by atoms with Crippen LogP contribution in [0.15, 0.2) is 48.9 Å². The van der Waals surface area contributed by atoms with Gasteiger partial charge in [-0.3, -0.25) is 14.6 Å². The van der Waals surface area contributed by atoms with Crippen LogP contribution in [0.5, 0.6) is 0 Å². The number of rotatable bonds is 1. The van der Waals surface area contributed by atoms with Crippen molar-refractivity contribution in [2.24, 2.45) is 0 Å². The average Bonchev–Trinajstić information content (AvgIpc) is 2.64. The molecule has 0 saturated heterocycles. The van der Waals surface area contributed by atoms with Gasteiger partial charge in [-0.2, -0.15) is 4.57 Å². The molecule has 0 N–H and O–H groups in total. The van der Waals surface area contributed by atoms with Crippen molar-refractivity contribution in [3.05, 3.63) is 60.2 Å². The molecule has 4 nitrogen and oxygen atoms in total. The molecule has 0 fully saturated rings. The highest BCUT2D eigenvalue weighted by Gasteiger charge is 2.46. The van der Waals surface area contributed by atoms with Gasteiger partial charge in [0, 0.05) is 18.3 Å². The van der Waals surface area contributed by atoms with E-state index in [1.54, 1.807) is 41.2 Å². The van der Waals surface area contributed by atoms with Crippen molar-refractivity contribution in [1.82, 2.24) is 4.98 Å². The lowest BCUT2D eigenvalue weighted by Crippen LogP contribution is -2.44. The third kappa shape index (κ3) is 1.38. The second kappa shape index (κ2) is 3.59. The molecule has 0 radical (unpaired) electrons. The first-order chi connectivity index (χ1) is 8.29. The fraction of sp³-hybridized carbons (Fsp3) is 0.0769. The minimum Gasteiger partial charge on any atom is -0.286 e. The molecule has 0 spiro atoms. The first-order valence-electron chi connectivity index (χ1n) is 5.28. The molecule has 3 rings (SSSR count). The van der Waals surface area contributed by atoms with E-state index < -0.39 is 6.04 Å². The van der Waals surface area contributed by atoms with E-state index >= 15 is 0 Å². The Bertz CT molecular complexity index is 573. The molecule has 0 saturated carbocycles. The molecule has 2 heterocycles. The van der Waals surface area contributed by atoms with Gasteiger partial charge in [-0.1, -0.05) is 6.07 Å². The summed E-state index contributed by atoms with van der Waals surface area (Å²) in [5, 5.41) is 0. The van der Waals surface area contributed by atoms with Crippen molar-refractivity contribution >= 4 is 11.6 Å². The fourth-order valence-corrected chi connectivity index (χ4v) is 2.05. The number of Topliss-reactive ketones (excluding diaryl/α,β-unsaturated/α-hetero) is 2. The molecule has 1 atom stereocenters. The second-order valence-electron chi connectivity index (χ2n) is 3.85. The highest BCUT2D eigenvalue weighted by Crippen LogP contribution is 2.24. The van der Waals surface area contributed by atoms with Gasteiger partial charge in [-0.15, -0.1) is 0 Å². The van der Waals surface area contributed by atoms with Crippen molar-refractivity contribution in [3.8, 4) is 0 Å². The van der Waals surface area contributed by atoms with E-state index in [-0.39, 0.29) is 17.3 Å². The Balaban J connectivity index is 2.13. The summed E-state index contributed by atoms with van der Waals surface area (Å²) in [6, 6.07) is 7.94. The summed E-state index contributed by atoms with van der Waals surface area (Å²) in [6.45, 7) is 0. The standard InChI is InChI=1S/C13H9N2O2/c16-12-9-5-4-6-14-10(9)13(17)11(12)15-7-2-1-3-8-15/h1-8,11H/q+1. The van der Waals surface area contributed by atoms with E-state index in [0.29, 0.717) is 5.56 Å². The number of ketones is 2. The smallest absolute Gasteiger partial charge is 0.284 e. The Morgan fingerprint density at radius 2 is 1.76 bits per heavy atom. The molecular weight excluding hydrogens is 216 g/mol. The van der Waals surface area contributed by atoms with Crippen molar-refractivity contribution in [3.63, 3.8) is 0 Å². The van der Waals surface area contributed by atoms with Gasteiger partial charge in [0.05, 0.1) is 5.56 Å². The van der Waals surface area contributed by atoms with Gasteiger partial charge in [0.25, 0.3) is 11.8 Å². The lowest BCUT2D eigenvalue weighted by molar-refractivity contribution is -0.693. The number of pyridine rings is 2. The van der Waals surface area contributed by atoms with Crippen LogP contribution in [-0.2, 0) is 0 Å². The predicted octanol–water partition coefficient (Wildman–Crippen LogP) is 0.989. The zero-order chi connectivity index (χ0) is 11.8. The van der Waals surface area contributed by atoms with E-state index in [1.165, 1.54) is 6.20 Å². The van der Waals surface area contributed by atoms with Crippen molar-refractivity contribution in [2.45, 2.75) is 6.04 Å². The molecule has 82 valence electrons. The molecule has 17 heavy (non-hydrogen) atoms. The van der Waals surface area contributed by atoms with Crippen LogP contribution in [0, 0.1) is 0 Å². The monoisotopic (exact) mass is 225 g/mol. The molecule has 2 aromatic heterocycles. The third-order valence-corrected chi connectivity index (χ3v) is 2.84. The van der Waals surface area contributed by atoms with E-state index in [9.17, 15) is 9.59 Å². The highest BCUT2D eigenvalue weighted by molar-refractivity contribution is 6.25. The maximum atomic E-state index is 12.1. The van der Waals surface area contributed by atoms with Crippen molar-refractivity contribution in [1.29, 1.82) is 0 Å². The molecule has 1 aliphatic carbocycles. The van der Waals surface area contributed by atoms with Crippen LogP contribution in [0.2, 0.25) is 0 Å². The minimum absolute atomic E-state index is 0.186. The Morgan fingerprint density at radius 3 is 2.47 bits per heavy atom. The van der Waals surface area contributed by atoms with Crippen molar-refractivity contribution < 1.29 is 14.2 Å². The van der Waals surface area contributed by atoms with Gasteiger partial charge < -0.3 is 0 Å². The number of carbonyl (C=O) groups is 2. The largest absolute Gasteiger partial charge is 0.286 e. The topological polar surface area (TPSA) is 50.9 Å². The maximum Gasteiger partial charge on any atom is 0.284 e. The molecular formula is C13H9N2O2+. The van der Waals surface area contributed by atoms with E-state index in [2.05, 4.69) is 4.98 Å². The Kier molecular flexibility index (Phi) is 2.08. The molecule has 0 aromatic carbocycles. The van der Waals surface area contributed by atoms with Gasteiger partial charge >= 0.3 is 0 Å². The minimum atomic E-state index is -0.791. The summed E-state index contributed by atoms with van der Waals surface area (Å²) in [4.78, 5) is 28.2. The Morgan fingerprint density at radius 1 is 1.00 bits per heavy atom. The first-order valence-corrected chi connectivity index (χ1v) is 5.28. The number of hydrogen-bond acceptors (Lipinski definition) is 3. The maximum absolute atomic E-state index is 12.1. The lowest BCUT2D eigenvalue weighted by atomic mass is 10.1. The first kappa shape index (κ1) is 9.84. The van der Waals surface area contributed by atoms with Gasteiger partial charge in [0.1, 0.15) is 5.69 Å². The summed E-state index contributed by atoms with van der Waals surface area (Å²) < 4.78 is 1.62. The number of hydrogen-bond donors (Lipinski definition) is 0. The zero-order valence-electron chi connectivity index (χ0n) is 8.91. The van der Waals surface area contributed by atoms with E-state index in [4.69, 9.17) is 0 Å². The van der Waals surface area contributed by atoms with E-state index in [1.807, 2.05) is 6.07 Å². The molecule has 1 unspecified atom stereocenters. The number of carbonyl (C=O) groups excluding carboxylic acids is 2. The quantitative estimate of drug-likeness (QED) is 0.537. The normalized spacial score (nSPS) is 18.2. The van der Waals surface area contributed by atoms with E-state index in [0.717, 1.165) is 0 Å². The summed E-state index contributed by atoms with van der Waals surface area (Å²) >= 11 is 0. The van der Waals surface area contributed by atoms with Crippen LogP contribution in [-0.4, -0.2) is 16.6 Å². The molecule has 4 heteroatoms. The summed E-state index contributed by atoms with van der Waals surface area (Å²) in [7, 11) is 0.